The Morgan fingerprint density at radius 1 is 1.10 bits per heavy atom. The van der Waals surface area contributed by atoms with E-state index in [1.54, 1.807) is 18.2 Å². The number of nitrogens with one attached hydrogen (secondary N) is 1. The number of halogens is 1. The molecular formula is C15H14ClNO2S. The van der Waals surface area contributed by atoms with Gasteiger partial charge in [0.1, 0.15) is 0 Å². The van der Waals surface area contributed by atoms with Gasteiger partial charge in [0.2, 0.25) is 0 Å². The Labute approximate surface area is 124 Å². The van der Waals surface area contributed by atoms with Crippen molar-refractivity contribution in [3.05, 3.63) is 70.1 Å². The largest absolute Gasteiger partial charge is 0.279 e. The Hall–Kier alpha value is -1.78. The van der Waals surface area contributed by atoms with Crippen molar-refractivity contribution in [2.24, 2.45) is 0 Å². The lowest BCUT2D eigenvalue weighted by Crippen LogP contribution is -2.09. The number of sulfonamides is 1. The molecular weight excluding hydrogens is 294 g/mol. The summed E-state index contributed by atoms with van der Waals surface area (Å²) in [7, 11) is -3.58. The zero-order valence-corrected chi connectivity index (χ0v) is 12.4. The van der Waals surface area contributed by atoms with E-state index in [0.29, 0.717) is 10.7 Å². The van der Waals surface area contributed by atoms with E-state index < -0.39 is 10.0 Å². The number of hydrogen-bond donors (Lipinski definition) is 1. The van der Waals surface area contributed by atoms with E-state index >= 15 is 0 Å². The van der Waals surface area contributed by atoms with Crippen LogP contribution in [0.25, 0.3) is 6.08 Å². The first-order valence-corrected chi connectivity index (χ1v) is 7.91. The molecule has 2 aromatic rings. The lowest BCUT2D eigenvalue weighted by atomic mass is 10.2. The van der Waals surface area contributed by atoms with Crippen molar-refractivity contribution < 1.29 is 8.42 Å². The molecule has 2 aromatic carbocycles. The maximum absolute atomic E-state index is 12.0. The van der Waals surface area contributed by atoms with Crippen molar-refractivity contribution in [3.8, 4) is 0 Å². The van der Waals surface area contributed by atoms with E-state index in [1.807, 2.05) is 37.3 Å². The second-order valence-electron chi connectivity index (χ2n) is 4.34. The average Bonchev–Trinajstić information content (AvgIpc) is 2.41. The molecule has 0 saturated carbocycles. The summed E-state index contributed by atoms with van der Waals surface area (Å²) in [5.41, 5.74) is 2.15. The average molecular weight is 308 g/mol. The summed E-state index contributed by atoms with van der Waals surface area (Å²) < 4.78 is 26.3. The van der Waals surface area contributed by atoms with Crippen molar-refractivity contribution in [2.45, 2.75) is 6.92 Å². The van der Waals surface area contributed by atoms with Crippen LogP contribution in [0.1, 0.15) is 11.1 Å². The predicted octanol–water partition coefficient (Wildman–Crippen LogP) is 4.06. The van der Waals surface area contributed by atoms with Gasteiger partial charge in [0.25, 0.3) is 10.0 Å². The van der Waals surface area contributed by atoms with Gasteiger partial charge in [0.05, 0.1) is 16.1 Å². The maximum atomic E-state index is 12.0. The third-order valence-corrected chi connectivity index (χ3v) is 3.93. The molecule has 5 heteroatoms. The molecule has 0 aromatic heterocycles. The van der Waals surface area contributed by atoms with E-state index in [9.17, 15) is 8.42 Å². The SMILES string of the molecule is Cc1ccc(NS(=O)(=O)/C=C/c2ccccc2)c(Cl)c1. The molecule has 0 fully saturated rings. The van der Waals surface area contributed by atoms with Gasteiger partial charge in [-0.15, -0.1) is 0 Å². The quantitative estimate of drug-likeness (QED) is 0.926. The van der Waals surface area contributed by atoms with Crippen LogP contribution < -0.4 is 4.72 Å². The molecule has 20 heavy (non-hydrogen) atoms. The minimum absolute atomic E-state index is 0.370. The van der Waals surface area contributed by atoms with Crippen LogP contribution in [-0.2, 0) is 10.0 Å². The van der Waals surface area contributed by atoms with Crippen LogP contribution in [0, 0.1) is 6.92 Å². The summed E-state index contributed by atoms with van der Waals surface area (Å²) in [6.45, 7) is 1.89. The Morgan fingerprint density at radius 2 is 1.80 bits per heavy atom. The first kappa shape index (κ1) is 14.6. The van der Waals surface area contributed by atoms with Gasteiger partial charge >= 0.3 is 0 Å². The van der Waals surface area contributed by atoms with Crippen molar-refractivity contribution in [1.82, 2.24) is 0 Å². The Balaban J connectivity index is 2.17. The Morgan fingerprint density at radius 3 is 2.45 bits per heavy atom. The van der Waals surface area contributed by atoms with Crippen molar-refractivity contribution in [3.63, 3.8) is 0 Å². The maximum Gasteiger partial charge on any atom is 0.255 e. The van der Waals surface area contributed by atoms with Crippen LogP contribution in [0.3, 0.4) is 0 Å². The Bertz CT molecular complexity index is 725. The molecule has 0 aliphatic rings. The van der Waals surface area contributed by atoms with Crippen molar-refractivity contribution in [1.29, 1.82) is 0 Å². The minimum atomic E-state index is -3.58. The van der Waals surface area contributed by atoms with Gasteiger partial charge in [-0.3, -0.25) is 4.72 Å². The van der Waals surface area contributed by atoms with E-state index in [4.69, 9.17) is 11.6 Å². The molecule has 2 rings (SSSR count). The summed E-state index contributed by atoms with van der Waals surface area (Å²) in [5.74, 6) is 0. The summed E-state index contributed by atoms with van der Waals surface area (Å²) in [6, 6.07) is 14.4. The fourth-order valence-corrected chi connectivity index (χ4v) is 2.85. The highest BCUT2D eigenvalue weighted by molar-refractivity contribution is 7.95. The van der Waals surface area contributed by atoms with Gasteiger partial charge in [-0.05, 0) is 36.3 Å². The molecule has 0 bridgehead atoms. The molecule has 0 spiro atoms. The molecule has 104 valence electrons. The molecule has 0 heterocycles. The summed E-state index contributed by atoms with van der Waals surface area (Å²) >= 11 is 6.00. The van der Waals surface area contributed by atoms with Gasteiger partial charge in [0.15, 0.2) is 0 Å². The van der Waals surface area contributed by atoms with Crippen LogP contribution in [0.5, 0.6) is 0 Å². The lowest BCUT2D eigenvalue weighted by Gasteiger charge is -2.07. The van der Waals surface area contributed by atoms with Crippen molar-refractivity contribution >= 4 is 33.4 Å². The van der Waals surface area contributed by atoms with Crippen LogP contribution >= 0.6 is 11.6 Å². The van der Waals surface area contributed by atoms with Crippen molar-refractivity contribution in [2.75, 3.05) is 4.72 Å². The van der Waals surface area contributed by atoms with Crippen LogP contribution in [0.4, 0.5) is 5.69 Å². The second-order valence-corrected chi connectivity index (χ2v) is 6.32. The molecule has 0 unspecified atom stereocenters. The number of rotatable bonds is 4. The van der Waals surface area contributed by atoms with E-state index in [0.717, 1.165) is 16.5 Å². The zero-order valence-electron chi connectivity index (χ0n) is 10.9. The lowest BCUT2D eigenvalue weighted by molar-refractivity contribution is 0.609. The first-order chi connectivity index (χ1) is 9.46. The standard InChI is InChI=1S/C15H14ClNO2S/c1-12-7-8-15(14(16)11-12)17-20(18,19)10-9-13-5-3-2-4-6-13/h2-11,17H,1H3/b10-9+. The molecule has 0 amide bonds. The molecule has 0 radical (unpaired) electrons. The van der Waals surface area contributed by atoms with Gasteiger partial charge < -0.3 is 0 Å². The number of hydrogen-bond acceptors (Lipinski definition) is 2. The predicted molar refractivity (Wildman–Crippen MR) is 84.2 cm³/mol. The third kappa shape index (κ3) is 4.11. The third-order valence-electron chi connectivity index (χ3n) is 2.62. The van der Waals surface area contributed by atoms with E-state index in [2.05, 4.69) is 4.72 Å². The van der Waals surface area contributed by atoms with Gasteiger partial charge in [-0.1, -0.05) is 48.0 Å². The topological polar surface area (TPSA) is 46.2 Å². The summed E-state index contributed by atoms with van der Waals surface area (Å²) in [6.07, 6.45) is 1.53. The van der Waals surface area contributed by atoms with Crippen LogP contribution in [-0.4, -0.2) is 8.42 Å². The number of anilines is 1. The Kier molecular flexibility index (Phi) is 4.47. The second kappa shape index (κ2) is 6.11. The van der Waals surface area contributed by atoms with Crippen LogP contribution in [0.15, 0.2) is 53.9 Å². The number of benzene rings is 2. The van der Waals surface area contributed by atoms with E-state index in [-0.39, 0.29) is 0 Å². The highest BCUT2D eigenvalue weighted by Gasteiger charge is 2.08. The normalized spacial score (nSPS) is 11.7. The van der Waals surface area contributed by atoms with Gasteiger partial charge in [-0.25, -0.2) is 8.42 Å². The molecule has 0 saturated heterocycles. The van der Waals surface area contributed by atoms with Gasteiger partial charge in [-0.2, -0.15) is 0 Å². The molecule has 0 aliphatic carbocycles. The minimum Gasteiger partial charge on any atom is -0.279 e. The molecule has 0 aliphatic heterocycles. The fraction of sp³-hybridized carbons (Fsp3) is 0.0667. The molecule has 3 nitrogen and oxygen atoms in total. The monoisotopic (exact) mass is 307 g/mol. The highest BCUT2D eigenvalue weighted by atomic mass is 35.5. The van der Waals surface area contributed by atoms with Crippen LogP contribution in [0.2, 0.25) is 5.02 Å². The first-order valence-electron chi connectivity index (χ1n) is 5.98. The molecule has 0 atom stereocenters. The highest BCUT2D eigenvalue weighted by Crippen LogP contribution is 2.24. The zero-order chi connectivity index (χ0) is 14.6. The fourth-order valence-electron chi connectivity index (χ4n) is 1.62. The molecule has 1 N–H and O–H groups in total. The van der Waals surface area contributed by atoms with E-state index in [1.165, 1.54) is 6.08 Å². The van der Waals surface area contributed by atoms with Gasteiger partial charge in [0, 0.05) is 0 Å². The summed E-state index contributed by atoms with van der Waals surface area (Å²) in [4.78, 5) is 0. The number of aryl methyl sites for hydroxylation is 1. The smallest absolute Gasteiger partial charge is 0.255 e. The summed E-state index contributed by atoms with van der Waals surface area (Å²) in [5, 5.41) is 1.50.